The zero-order chi connectivity index (χ0) is 18.4. The van der Waals surface area contributed by atoms with E-state index in [1.807, 2.05) is 23.1 Å². The molecule has 1 aliphatic heterocycles. The molecule has 0 aliphatic carbocycles. The van der Waals surface area contributed by atoms with Crippen LogP contribution in [-0.2, 0) is 17.8 Å². The Hall–Kier alpha value is -2.82. The molecule has 0 spiro atoms. The lowest BCUT2D eigenvalue weighted by Crippen LogP contribution is -2.45. The summed E-state index contributed by atoms with van der Waals surface area (Å²) in [7, 11) is 1.71. The van der Waals surface area contributed by atoms with Crippen molar-refractivity contribution >= 4 is 17.6 Å². The van der Waals surface area contributed by atoms with Crippen LogP contribution >= 0.6 is 0 Å². The van der Waals surface area contributed by atoms with Crippen LogP contribution in [0.4, 0.5) is 5.69 Å². The third kappa shape index (κ3) is 4.42. The predicted molar refractivity (Wildman–Crippen MR) is 106 cm³/mol. The Morgan fingerprint density at radius 2 is 1.88 bits per heavy atom. The number of carbonyl (C=O) groups is 1. The first-order valence-electron chi connectivity index (χ1n) is 9.05. The van der Waals surface area contributed by atoms with Gasteiger partial charge in [-0.25, -0.2) is 0 Å². The van der Waals surface area contributed by atoms with Gasteiger partial charge in [0.05, 0.1) is 6.54 Å². The van der Waals surface area contributed by atoms with Gasteiger partial charge in [0.15, 0.2) is 5.96 Å². The fourth-order valence-corrected chi connectivity index (χ4v) is 3.16. The molecule has 2 aromatic rings. The van der Waals surface area contributed by atoms with Crippen molar-refractivity contribution in [3.8, 4) is 0 Å². The third-order valence-electron chi connectivity index (χ3n) is 4.62. The van der Waals surface area contributed by atoms with E-state index in [1.165, 1.54) is 16.7 Å². The molecule has 0 atom stereocenters. The quantitative estimate of drug-likeness (QED) is 0.658. The summed E-state index contributed by atoms with van der Waals surface area (Å²) in [6.07, 6.45) is 2.04. The molecule has 0 radical (unpaired) electrons. The molecule has 1 aliphatic rings. The molecule has 1 heterocycles. The minimum Gasteiger partial charge on any atom is -0.352 e. The molecule has 3 rings (SSSR count). The second-order valence-electron chi connectivity index (χ2n) is 6.54. The van der Waals surface area contributed by atoms with Crippen LogP contribution in [0.1, 0.15) is 23.1 Å². The number of amides is 1. The second kappa shape index (κ2) is 8.52. The van der Waals surface area contributed by atoms with Gasteiger partial charge in [-0.3, -0.25) is 9.79 Å². The van der Waals surface area contributed by atoms with E-state index < -0.39 is 0 Å². The fraction of sp³-hybridized carbons (Fsp3) is 0.333. The summed E-state index contributed by atoms with van der Waals surface area (Å²) < 4.78 is 0. The maximum Gasteiger partial charge on any atom is 0.246 e. The molecule has 26 heavy (non-hydrogen) atoms. The second-order valence-corrected chi connectivity index (χ2v) is 6.54. The normalized spacial score (nSPS) is 13.9. The van der Waals surface area contributed by atoms with Gasteiger partial charge in [0.25, 0.3) is 0 Å². The molecule has 0 saturated heterocycles. The number of guanidine groups is 1. The summed E-state index contributed by atoms with van der Waals surface area (Å²) >= 11 is 0. The number of hydrogen-bond donors (Lipinski definition) is 2. The molecule has 5 heteroatoms. The Kier molecular flexibility index (Phi) is 5.89. The number of para-hydroxylation sites is 1. The van der Waals surface area contributed by atoms with Crippen LogP contribution in [0.5, 0.6) is 0 Å². The number of carbonyl (C=O) groups excluding carboxylic acids is 1. The number of nitrogens with zero attached hydrogens (tertiary/aromatic N) is 2. The highest BCUT2D eigenvalue weighted by Gasteiger charge is 2.21. The van der Waals surface area contributed by atoms with Crippen LogP contribution in [0, 0.1) is 6.92 Å². The summed E-state index contributed by atoms with van der Waals surface area (Å²) in [4.78, 5) is 18.8. The van der Waals surface area contributed by atoms with Gasteiger partial charge in [-0.1, -0.05) is 48.0 Å². The number of rotatable bonds is 4. The summed E-state index contributed by atoms with van der Waals surface area (Å²) in [5, 5.41) is 6.38. The topological polar surface area (TPSA) is 56.7 Å². The van der Waals surface area contributed by atoms with Crippen LogP contribution in [0.25, 0.3) is 0 Å². The monoisotopic (exact) mass is 350 g/mol. The van der Waals surface area contributed by atoms with Crippen molar-refractivity contribution in [1.82, 2.24) is 10.6 Å². The molecule has 0 unspecified atom stereocenters. The molecule has 2 N–H and O–H groups in total. The van der Waals surface area contributed by atoms with E-state index in [-0.39, 0.29) is 12.5 Å². The molecular weight excluding hydrogens is 324 g/mol. The van der Waals surface area contributed by atoms with Crippen molar-refractivity contribution in [2.45, 2.75) is 26.3 Å². The predicted octanol–water partition coefficient (Wildman–Crippen LogP) is 2.64. The first-order chi connectivity index (χ1) is 12.7. The molecule has 2 aromatic carbocycles. The molecule has 0 fully saturated rings. The highest BCUT2D eigenvalue weighted by Crippen LogP contribution is 2.26. The first-order valence-corrected chi connectivity index (χ1v) is 9.05. The SMILES string of the molecule is CN=C(NCC(=O)N1CCCc2ccccc21)NCc1ccc(C)cc1. The van der Waals surface area contributed by atoms with Gasteiger partial charge in [-0.2, -0.15) is 0 Å². The van der Waals surface area contributed by atoms with Crippen molar-refractivity contribution < 1.29 is 4.79 Å². The summed E-state index contributed by atoms with van der Waals surface area (Å²) in [5.74, 6) is 0.694. The minimum absolute atomic E-state index is 0.0652. The summed E-state index contributed by atoms with van der Waals surface area (Å²) in [6.45, 7) is 3.73. The van der Waals surface area contributed by atoms with Crippen molar-refractivity contribution in [1.29, 1.82) is 0 Å². The van der Waals surface area contributed by atoms with Gasteiger partial charge < -0.3 is 15.5 Å². The lowest BCUT2D eigenvalue weighted by atomic mass is 10.0. The number of benzene rings is 2. The number of hydrogen-bond acceptors (Lipinski definition) is 2. The molecule has 0 aromatic heterocycles. The average Bonchev–Trinajstić information content (AvgIpc) is 2.68. The molecule has 0 saturated carbocycles. The maximum absolute atomic E-state index is 12.7. The molecule has 5 nitrogen and oxygen atoms in total. The number of fused-ring (bicyclic) bond motifs is 1. The van der Waals surface area contributed by atoms with E-state index in [9.17, 15) is 4.79 Å². The minimum atomic E-state index is 0.0652. The van der Waals surface area contributed by atoms with Gasteiger partial charge >= 0.3 is 0 Å². The molecular formula is C21H26N4O. The molecule has 1 amide bonds. The Bertz CT molecular complexity index is 783. The van der Waals surface area contributed by atoms with Crippen molar-refractivity contribution in [3.05, 3.63) is 65.2 Å². The van der Waals surface area contributed by atoms with Gasteiger partial charge in [0.1, 0.15) is 0 Å². The number of anilines is 1. The van der Waals surface area contributed by atoms with E-state index in [1.54, 1.807) is 7.05 Å². The number of aliphatic imine (C=N–C) groups is 1. The molecule has 136 valence electrons. The third-order valence-corrected chi connectivity index (χ3v) is 4.62. The Balaban J connectivity index is 1.54. The Morgan fingerprint density at radius 1 is 1.12 bits per heavy atom. The van der Waals surface area contributed by atoms with E-state index in [0.717, 1.165) is 25.1 Å². The molecule has 0 bridgehead atoms. The van der Waals surface area contributed by atoms with E-state index >= 15 is 0 Å². The highest BCUT2D eigenvalue weighted by atomic mass is 16.2. The number of nitrogens with one attached hydrogen (secondary N) is 2. The van der Waals surface area contributed by atoms with Crippen LogP contribution in [-0.4, -0.2) is 32.0 Å². The van der Waals surface area contributed by atoms with Crippen LogP contribution in [0.15, 0.2) is 53.5 Å². The zero-order valence-electron chi connectivity index (χ0n) is 15.5. The summed E-state index contributed by atoms with van der Waals surface area (Å²) in [5.41, 5.74) is 4.70. The van der Waals surface area contributed by atoms with Crippen molar-refractivity contribution in [3.63, 3.8) is 0 Å². The lowest BCUT2D eigenvalue weighted by molar-refractivity contribution is -0.117. The Labute approximate surface area is 155 Å². The van der Waals surface area contributed by atoms with E-state index in [0.29, 0.717) is 12.5 Å². The lowest BCUT2D eigenvalue weighted by Gasteiger charge is -2.29. The smallest absolute Gasteiger partial charge is 0.246 e. The largest absolute Gasteiger partial charge is 0.352 e. The van der Waals surface area contributed by atoms with Crippen LogP contribution in [0.3, 0.4) is 0 Å². The summed E-state index contributed by atoms with van der Waals surface area (Å²) in [6, 6.07) is 16.5. The van der Waals surface area contributed by atoms with E-state index in [4.69, 9.17) is 0 Å². The van der Waals surface area contributed by atoms with Crippen LogP contribution in [0.2, 0.25) is 0 Å². The number of aryl methyl sites for hydroxylation is 2. The maximum atomic E-state index is 12.7. The van der Waals surface area contributed by atoms with Gasteiger partial charge in [-0.15, -0.1) is 0 Å². The Morgan fingerprint density at radius 3 is 2.65 bits per heavy atom. The first kappa shape index (κ1) is 18.0. The van der Waals surface area contributed by atoms with E-state index in [2.05, 4.69) is 52.9 Å². The van der Waals surface area contributed by atoms with Gasteiger partial charge in [0.2, 0.25) is 5.91 Å². The standard InChI is InChI=1S/C21H26N4O/c1-16-9-11-17(12-10-16)14-23-21(22-2)24-15-20(26)25-13-5-7-18-6-3-4-8-19(18)25/h3-4,6,8-12H,5,7,13-15H2,1-2H3,(H2,22,23,24). The average molecular weight is 350 g/mol. The van der Waals surface area contributed by atoms with Crippen molar-refractivity contribution in [2.24, 2.45) is 4.99 Å². The highest BCUT2D eigenvalue weighted by molar-refractivity contribution is 5.98. The van der Waals surface area contributed by atoms with Crippen molar-refractivity contribution in [2.75, 3.05) is 25.0 Å². The van der Waals surface area contributed by atoms with Gasteiger partial charge in [0, 0.05) is 25.8 Å². The fourth-order valence-electron chi connectivity index (χ4n) is 3.16. The zero-order valence-corrected chi connectivity index (χ0v) is 15.5. The van der Waals surface area contributed by atoms with Gasteiger partial charge in [-0.05, 0) is 37.0 Å². The van der Waals surface area contributed by atoms with Crippen LogP contribution < -0.4 is 15.5 Å².